The highest BCUT2D eigenvalue weighted by Gasteiger charge is 2.29. The maximum atomic E-state index is 12.8. The number of carbonyl (C=O) groups excluding carboxylic acids is 1. The van der Waals surface area contributed by atoms with E-state index < -0.39 is 4.92 Å². The van der Waals surface area contributed by atoms with Crippen LogP contribution in [0, 0.1) is 10.1 Å². The van der Waals surface area contributed by atoms with Crippen LogP contribution in [0.5, 0.6) is 0 Å². The van der Waals surface area contributed by atoms with Gasteiger partial charge in [-0.2, -0.15) is 0 Å². The van der Waals surface area contributed by atoms with E-state index in [1.807, 2.05) is 18.2 Å². The zero-order valence-electron chi connectivity index (χ0n) is 14.4. The molecule has 27 heavy (non-hydrogen) atoms. The number of rotatable bonds is 5. The van der Waals surface area contributed by atoms with Gasteiger partial charge in [0.1, 0.15) is 5.69 Å². The highest BCUT2D eigenvalue weighted by atomic mass is 35.5. The first kappa shape index (κ1) is 21.0. The molecule has 7 nitrogen and oxygen atoms in total. The van der Waals surface area contributed by atoms with Crippen LogP contribution in [0.15, 0.2) is 48.5 Å². The summed E-state index contributed by atoms with van der Waals surface area (Å²) in [5, 5.41) is 17.9. The summed E-state index contributed by atoms with van der Waals surface area (Å²) in [7, 11) is 0. The number of piperazine rings is 1. The van der Waals surface area contributed by atoms with Crippen LogP contribution in [-0.2, 0) is 4.79 Å². The SMILES string of the molecule is Cl.O=C(CNc1ccccc1[N+](=O)[O-])N1CCNCC1c1ccccc1Cl. The quantitative estimate of drug-likeness (QED) is 0.583. The van der Waals surface area contributed by atoms with Gasteiger partial charge in [-0.15, -0.1) is 12.4 Å². The van der Waals surface area contributed by atoms with Crippen molar-refractivity contribution in [1.29, 1.82) is 0 Å². The van der Waals surface area contributed by atoms with Crippen LogP contribution < -0.4 is 10.6 Å². The highest BCUT2D eigenvalue weighted by molar-refractivity contribution is 6.31. The van der Waals surface area contributed by atoms with Crippen molar-refractivity contribution in [2.24, 2.45) is 0 Å². The van der Waals surface area contributed by atoms with Gasteiger partial charge in [0.15, 0.2) is 0 Å². The minimum atomic E-state index is -0.468. The second-order valence-corrected chi connectivity index (χ2v) is 6.36. The van der Waals surface area contributed by atoms with Gasteiger partial charge in [0.05, 0.1) is 17.5 Å². The maximum absolute atomic E-state index is 12.8. The maximum Gasteiger partial charge on any atom is 0.292 e. The first-order valence-corrected chi connectivity index (χ1v) is 8.67. The van der Waals surface area contributed by atoms with Crippen LogP contribution in [0.1, 0.15) is 11.6 Å². The van der Waals surface area contributed by atoms with Crippen molar-refractivity contribution in [1.82, 2.24) is 10.2 Å². The molecule has 1 amide bonds. The third kappa shape index (κ3) is 4.88. The lowest BCUT2D eigenvalue weighted by molar-refractivity contribution is -0.383. The number of anilines is 1. The Morgan fingerprint density at radius 1 is 1.26 bits per heavy atom. The number of nitrogens with one attached hydrogen (secondary N) is 2. The fourth-order valence-electron chi connectivity index (χ4n) is 3.08. The van der Waals surface area contributed by atoms with E-state index in [2.05, 4.69) is 10.6 Å². The van der Waals surface area contributed by atoms with Crippen molar-refractivity contribution in [2.45, 2.75) is 6.04 Å². The number of benzene rings is 2. The number of nitro benzene ring substituents is 1. The summed E-state index contributed by atoms with van der Waals surface area (Å²) in [6.07, 6.45) is 0. The van der Waals surface area contributed by atoms with Gasteiger partial charge in [0, 0.05) is 30.7 Å². The Bertz CT molecular complexity index is 819. The number of amides is 1. The standard InChI is InChI=1S/C18H19ClN4O3.ClH/c19-14-6-2-1-5-13(14)17-11-20-9-10-22(17)18(24)12-21-15-7-3-4-8-16(15)23(25)26;/h1-8,17,20-21H,9-12H2;1H. The van der Waals surface area contributed by atoms with E-state index in [0.717, 1.165) is 5.56 Å². The van der Waals surface area contributed by atoms with Crippen LogP contribution in [-0.4, -0.2) is 41.9 Å². The van der Waals surface area contributed by atoms with Crippen LogP contribution in [0.4, 0.5) is 11.4 Å². The molecule has 2 N–H and O–H groups in total. The largest absolute Gasteiger partial charge is 0.371 e. The lowest BCUT2D eigenvalue weighted by Gasteiger charge is -2.37. The number of hydrogen-bond donors (Lipinski definition) is 2. The van der Waals surface area contributed by atoms with Crippen molar-refractivity contribution < 1.29 is 9.72 Å². The second-order valence-electron chi connectivity index (χ2n) is 5.96. The van der Waals surface area contributed by atoms with Crippen LogP contribution >= 0.6 is 24.0 Å². The van der Waals surface area contributed by atoms with E-state index in [1.54, 1.807) is 29.2 Å². The van der Waals surface area contributed by atoms with E-state index >= 15 is 0 Å². The molecule has 0 spiro atoms. The lowest BCUT2D eigenvalue weighted by atomic mass is 10.0. The minimum absolute atomic E-state index is 0. The van der Waals surface area contributed by atoms with Gasteiger partial charge in [-0.3, -0.25) is 14.9 Å². The number of carbonyl (C=O) groups is 1. The molecule has 0 aromatic heterocycles. The molecule has 0 radical (unpaired) electrons. The van der Waals surface area contributed by atoms with E-state index in [1.165, 1.54) is 6.07 Å². The molecular weight excluding hydrogens is 391 g/mol. The van der Waals surface area contributed by atoms with Crippen LogP contribution in [0.3, 0.4) is 0 Å². The summed E-state index contributed by atoms with van der Waals surface area (Å²) < 4.78 is 0. The summed E-state index contributed by atoms with van der Waals surface area (Å²) in [5.41, 5.74) is 1.17. The van der Waals surface area contributed by atoms with E-state index in [0.29, 0.717) is 30.3 Å². The molecular formula is C18H20Cl2N4O3. The predicted octanol–water partition coefficient (Wildman–Crippen LogP) is 3.26. The van der Waals surface area contributed by atoms with Gasteiger partial charge in [-0.25, -0.2) is 0 Å². The number of hydrogen-bond acceptors (Lipinski definition) is 5. The van der Waals surface area contributed by atoms with Gasteiger partial charge in [0.25, 0.3) is 5.69 Å². The molecule has 1 saturated heterocycles. The molecule has 1 heterocycles. The smallest absolute Gasteiger partial charge is 0.292 e. The van der Waals surface area contributed by atoms with Crippen LogP contribution in [0.2, 0.25) is 5.02 Å². The van der Waals surface area contributed by atoms with Gasteiger partial charge in [0.2, 0.25) is 5.91 Å². The fraction of sp³-hybridized carbons (Fsp3) is 0.278. The molecule has 0 bridgehead atoms. The molecule has 9 heteroatoms. The summed E-state index contributed by atoms with van der Waals surface area (Å²) in [5.74, 6) is -0.130. The lowest BCUT2D eigenvalue weighted by Crippen LogP contribution is -2.50. The summed E-state index contributed by atoms with van der Waals surface area (Å²) in [6.45, 7) is 1.83. The molecule has 144 valence electrons. The molecule has 0 aliphatic carbocycles. The topological polar surface area (TPSA) is 87.5 Å². The Hall–Kier alpha value is -2.35. The van der Waals surface area contributed by atoms with Crippen molar-refractivity contribution in [3.63, 3.8) is 0 Å². The molecule has 2 aromatic rings. The average molecular weight is 411 g/mol. The number of nitro groups is 1. The monoisotopic (exact) mass is 410 g/mol. The molecule has 2 aromatic carbocycles. The Morgan fingerprint density at radius 2 is 1.96 bits per heavy atom. The molecule has 1 aliphatic rings. The van der Waals surface area contributed by atoms with E-state index in [-0.39, 0.29) is 36.6 Å². The van der Waals surface area contributed by atoms with Crippen molar-refractivity contribution >= 4 is 41.3 Å². The predicted molar refractivity (Wildman–Crippen MR) is 108 cm³/mol. The molecule has 1 aliphatic heterocycles. The number of halogens is 2. The summed E-state index contributed by atoms with van der Waals surface area (Å²) in [6, 6.07) is 13.6. The van der Waals surface area contributed by atoms with Gasteiger partial charge < -0.3 is 15.5 Å². The minimum Gasteiger partial charge on any atom is -0.371 e. The summed E-state index contributed by atoms with van der Waals surface area (Å²) in [4.78, 5) is 25.2. The van der Waals surface area contributed by atoms with Crippen molar-refractivity contribution in [3.05, 3.63) is 69.2 Å². The number of nitrogens with zero attached hydrogens (tertiary/aromatic N) is 2. The third-order valence-corrected chi connectivity index (χ3v) is 4.70. The first-order valence-electron chi connectivity index (χ1n) is 8.30. The zero-order valence-corrected chi connectivity index (χ0v) is 16.0. The molecule has 1 unspecified atom stereocenters. The Kier molecular flexibility index (Phi) is 7.41. The van der Waals surface area contributed by atoms with Gasteiger partial charge in [-0.1, -0.05) is 41.9 Å². The van der Waals surface area contributed by atoms with Crippen LogP contribution in [0.25, 0.3) is 0 Å². The van der Waals surface area contributed by atoms with E-state index in [9.17, 15) is 14.9 Å². The fourth-order valence-corrected chi connectivity index (χ4v) is 3.34. The Morgan fingerprint density at radius 3 is 2.70 bits per heavy atom. The van der Waals surface area contributed by atoms with Gasteiger partial charge >= 0.3 is 0 Å². The van der Waals surface area contributed by atoms with Gasteiger partial charge in [-0.05, 0) is 17.7 Å². The van der Waals surface area contributed by atoms with Crippen molar-refractivity contribution in [2.75, 3.05) is 31.5 Å². The normalized spacial score (nSPS) is 16.3. The third-order valence-electron chi connectivity index (χ3n) is 4.36. The highest BCUT2D eigenvalue weighted by Crippen LogP contribution is 2.29. The number of para-hydroxylation sites is 2. The molecule has 1 fully saturated rings. The molecule has 3 rings (SSSR count). The Balaban J connectivity index is 0.00000261. The zero-order chi connectivity index (χ0) is 18.5. The first-order chi connectivity index (χ1) is 12.6. The van der Waals surface area contributed by atoms with E-state index in [4.69, 9.17) is 11.6 Å². The molecule has 1 atom stereocenters. The molecule has 0 saturated carbocycles. The average Bonchev–Trinajstić information content (AvgIpc) is 2.66. The Labute approximate surface area is 168 Å². The summed E-state index contributed by atoms with van der Waals surface area (Å²) >= 11 is 6.30. The second kappa shape index (κ2) is 9.55. The van der Waals surface area contributed by atoms with Crippen molar-refractivity contribution in [3.8, 4) is 0 Å².